The fraction of sp³-hybridized carbons (Fsp3) is 0.100. The number of carbonyl (C=O) groups excluding carboxylic acids is 1. The molecule has 1 aromatic carbocycles. The molecule has 0 bridgehead atoms. The molecule has 68 valence electrons. The van der Waals surface area contributed by atoms with Crippen molar-refractivity contribution in [2.45, 2.75) is 6.92 Å². The van der Waals surface area contributed by atoms with Gasteiger partial charge in [0.2, 0.25) is 0 Å². The third kappa shape index (κ3) is 1.87. The van der Waals surface area contributed by atoms with Crippen molar-refractivity contribution >= 4 is 5.78 Å². The molecule has 3 nitrogen and oxygen atoms in total. The van der Waals surface area contributed by atoms with Gasteiger partial charge in [0.15, 0.2) is 17.3 Å². The molecular formula is C10H10O3. The normalized spacial score (nSPS) is 10.5. The number of rotatable bonds is 2. The molecule has 0 radical (unpaired) electrons. The number of hydrogen-bond donors (Lipinski definition) is 2. The number of allylic oxidation sites excluding steroid dienone is 2. The minimum absolute atomic E-state index is 0.109. The number of ketones is 1. The zero-order valence-electron chi connectivity index (χ0n) is 7.19. The smallest absolute Gasteiger partial charge is 0.189 e. The minimum Gasteiger partial charge on any atom is -0.504 e. The summed E-state index contributed by atoms with van der Waals surface area (Å²) in [7, 11) is 0. The fourth-order valence-electron chi connectivity index (χ4n) is 0.971. The molecule has 0 fully saturated rings. The van der Waals surface area contributed by atoms with Gasteiger partial charge in [0.05, 0.1) is 5.56 Å². The largest absolute Gasteiger partial charge is 0.504 e. The Kier molecular flexibility index (Phi) is 2.69. The van der Waals surface area contributed by atoms with Crippen LogP contribution in [0.4, 0.5) is 0 Å². The van der Waals surface area contributed by atoms with Gasteiger partial charge in [-0.3, -0.25) is 4.79 Å². The summed E-state index contributed by atoms with van der Waals surface area (Å²) in [6, 6.07) is 4.28. The third-order valence-electron chi connectivity index (χ3n) is 1.60. The highest BCUT2D eigenvalue weighted by Gasteiger charge is 2.10. The van der Waals surface area contributed by atoms with Gasteiger partial charge < -0.3 is 10.2 Å². The molecule has 0 saturated carbocycles. The lowest BCUT2D eigenvalue weighted by molar-refractivity contribution is 0.104. The Morgan fingerprint density at radius 3 is 2.69 bits per heavy atom. The van der Waals surface area contributed by atoms with Crippen molar-refractivity contribution in [2.24, 2.45) is 0 Å². The second-order valence-electron chi connectivity index (χ2n) is 2.54. The van der Waals surface area contributed by atoms with E-state index in [0.29, 0.717) is 0 Å². The van der Waals surface area contributed by atoms with Gasteiger partial charge in [-0.15, -0.1) is 0 Å². The van der Waals surface area contributed by atoms with Gasteiger partial charge >= 0.3 is 0 Å². The quantitative estimate of drug-likeness (QED) is 0.413. The Labute approximate surface area is 76.0 Å². The molecule has 0 spiro atoms. The number of para-hydroxylation sites is 1. The summed E-state index contributed by atoms with van der Waals surface area (Å²) in [5.74, 6) is -0.975. The Morgan fingerprint density at radius 2 is 2.08 bits per heavy atom. The van der Waals surface area contributed by atoms with E-state index in [2.05, 4.69) is 0 Å². The van der Waals surface area contributed by atoms with Gasteiger partial charge in [-0.25, -0.2) is 0 Å². The summed E-state index contributed by atoms with van der Waals surface area (Å²) in [5.41, 5.74) is 0.109. The first-order valence-corrected chi connectivity index (χ1v) is 3.84. The maximum atomic E-state index is 11.3. The van der Waals surface area contributed by atoms with E-state index in [-0.39, 0.29) is 22.8 Å². The van der Waals surface area contributed by atoms with Crippen LogP contribution < -0.4 is 0 Å². The van der Waals surface area contributed by atoms with E-state index in [1.54, 1.807) is 13.0 Å². The first-order valence-electron chi connectivity index (χ1n) is 3.84. The zero-order valence-corrected chi connectivity index (χ0v) is 7.19. The molecule has 0 atom stereocenters. The lowest BCUT2D eigenvalue weighted by Gasteiger charge is -2.01. The lowest BCUT2D eigenvalue weighted by Crippen LogP contribution is -1.94. The van der Waals surface area contributed by atoms with Crippen molar-refractivity contribution in [1.82, 2.24) is 0 Å². The number of phenols is 2. The molecule has 0 aliphatic heterocycles. The van der Waals surface area contributed by atoms with E-state index in [1.807, 2.05) is 0 Å². The Balaban J connectivity index is 3.15. The van der Waals surface area contributed by atoms with E-state index in [0.717, 1.165) is 0 Å². The van der Waals surface area contributed by atoms with Crippen LogP contribution in [-0.4, -0.2) is 16.0 Å². The number of hydrogen-bond acceptors (Lipinski definition) is 3. The average Bonchev–Trinajstić information content (AvgIpc) is 2.10. The highest BCUT2D eigenvalue weighted by atomic mass is 16.3. The van der Waals surface area contributed by atoms with Crippen molar-refractivity contribution in [3.63, 3.8) is 0 Å². The van der Waals surface area contributed by atoms with Crippen LogP contribution in [0.15, 0.2) is 30.4 Å². The molecule has 0 unspecified atom stereocenters. The first-order chi connectivity index (χ1) is 6.16. The Hall–Kier alpha value is -1.77. The molecule has 0 amide bonds. The summed E-state index contributed by atoms with van der Waals surface area (Å²) in [4.78, 5) is 11.3. The lowest BCUT2D eigenvalue weighted by atomic mass is 10.1. The summed E-state index contributed by atoms with van der Waals surface area (Å²) in [5, 5.41) is 18.4. The maximum absolute atomic E-state index is 11.3. The van der Waals surface area contributed by atoms with Gasteiger partial charge in [-0.05, 0) is 25.1 Å². The molecular weight excluding hydrogens is 168 g/mol. The molecule has 0 heterocycles. The van der Waals surface area contributed by atoms with E-state index >= 15 is 0 Å². The summed E-state index contributed by atoms with van der Waals surface area (Å²) >= 11 is 0. The number of phenolic OH excluding ortho intramolecular Hbond substituents is 2. The average molecular weight is 178 g/mol. The van der Waals surface area contributed by atoms with Crippen LogP contribution in [0.25, 0.3) is 0 Å². The predicted octanol–water partition coefficient (Wildman–Crippen LogP) is 1.86. The van der Waals surface area contributed by atoms with E-state index < -0.39 is 0 Å². The predicted molar refractivity (Wildman–Crippen MR) is 48.9 cm³/mol. The summed E-state index contributed by atoms with van der Waals surface area (Å²) in [6.45, 7) is 1.71. The SMILES string of the molecule is C/C=C/C(=O)c1cccc(O)c1O. The van der Waals surface area contributed by atoms with Gasteiger partial charge in [-0.2, -0.15) is 0 Å². The summed E-state index contributed by atoms with van der Waals surface area (Å²) in [6.07, 6.45) is 2.90. The molecule has 0 aliphatic rings. The van der Waals surface area contributed by atoms with E-state index in [4.69, 9.17) is 5.11 Å². The highest BCUT2D eigenvalue weighted by molar-refractivity contribution is 6.06. The van der Waals surface area contributed by atoms with Crippen molar-refractivity contribution < 1.29 is 15.0 Å². The van der Waals surface area contributed by atoms with Crippen LogP contribution in [0, 0.1) is 0 Å². The molecule has 1 rings (SSSR count). The second kappa shape index (κ2) is 3.76. The van der Waals surface area contributed by atoms with Crippen molar-refractivity contribution in [3.8, 4) is 11.5 Å². The molecule has 0 aliphatic carbocycles. The van der Waals surface area contributed by atoms with E-state index in [9.17, 15) is 9.90 Å². The zero-order chi connectivity index (χ0) is 9.84. The van der Waals surface area contributed by atoms with Gasteiger partial charge in [0, 0.05) is 0 Å². The van der Waals surface area contributed by atoms with Crippen LogP contribution in [-0.2, 0) is 0 Å². The fourth-order valence-corrected chi connectivity index (χ4v) is 0.971. The van der Waals surface area contributed by atoms with Crippen LogP contribution in [0.2, 0.25) is 0 Å². The molecule has 3 heteroatoms. The topological polar surface area (TPSA) is 57.5 Å². The number of benzene rings is 1. The number of carbonyl (C=O) groups is 1. The van der Waals surface area contributed by atoms with Crippen molar-refractivity contribution in [2.75, 3.05) is 0 Å². The molecule has 0 aromatic heterocycles. The second-order valence-corrected chi connectivity index (χ2v) is 2.54. The first kappa shape index (κ1) is 9.32. The Morgan fingerprint density at radius 1 is 1.38 bits per heavy atom. The van der Waals surface area contributed by atoms with E-state index in [1.165, 1.54) is 24.3 Å². The summed E-state index contributed by atoms with van der Waals surface area (Å²) < 4.78 is 0. The van der Waals surface area contributed by atoms with Gasteiger partial charge in [0.25, 0.3) is 0 Å². The maximum Gasteiger partial charge on any atom is 0.189 e. The number of aromatic hydroxyl groups is 2. The third-order valence-corrected chi connectivity index (χ3v) is 1.60. The van der Waals surface area contributed by atoms with Crippen LogP contribution in [0.3, 0.4) is 0 Å². The van der Waals surface area contributed by atoms with Gasteiger partial charge in [-0.1, -0.05) is 12.1 Å². The molecule has 1 aromatic rings. The van der Waals surface area contributed by atoms with Crippen LogP contribution >= 0.6 is 0 Å². The molecule has 13 heavy (non-hydrogen) atoms. The monoisotopic (exact) mass is 178 g/mol. The Bertz CT molecular complexity index is 353. The highest BCUT2D eigenvalue weighted by Crippen LogP contribution is 2.28. The van der Waals surface area contributed by atoms with Crippen molar-refractivity contribution in [1.29, 1.82) is 0 Å². The van der Waals surface area contributed by atoms with Gasteiger partial charge in [0.1, 0.15) is 0 Å². The molecule has 0 saturated heterocycles. The molecule has 2 N–H and O–H groups in total. The minimum atomic E-state index is -0.370. The van der Waals surface area contributed by atoms with Crippen molar-refractivity contribution in [3.05, 3.63) is 35.9 Å². The van der Waals surface area contributed by atoms with Crippen LogP contribution in [0.5, 0.6) is 11.5 Å². The van der Waals surface area contributed by atoms with Crippen LogP contribution in [0.1, 0.15) is 17.3 Å². The standard InChI is InChI=1S/C10H10O3/c1-2-4-8(11)7-5-3-6-9(12)10(7)13/h2-6,12-13H,1H3/b4-2+.